The molecule has 0 unspecified atom stereocenters. The van der Waals surface area contributed by atoms with Crippen LogP contribution in [-0.4, -0.2) is 18.1 Å². The minimum Gasteiger partial charge on any atom is -0.317 e. The lowest BCUT2D eigenvalue weighted by Crippen LogP contribution is -2.26. The Hall–Kier alpha value is -0.600. The van der Waals surface area contributed by atoms with Crippen LogP contribution in [0.3, 0.4) is 0 Å². The molecule has 0 atom stereocenters. The Morgan fingerprint density at radius 1 is 1.29 bits per heavy atom. The lowest BCUT2D eigenvalue weighted by Gasteiger charge is -2.21. The number of piperidine rings is 1. The SMILES string of the molecule is Cc1ccc(C2CCNCC2)nc1.Cl. The molecule has 1 N–H and O–H groups in total. The highest BCUT2D eigenvalue weighted by Crippen LogP contribution is 2.22. The Morgan fingerprint density at radius 2 is 2.00 bits per heavy atom. The molecule has 1 aliphatic heterocycles. The van der Waals surface area contributed by atoms with Crippen molar-refractivity contribution in [3.05, 3.63) is 29.6 Å². The van der Waals surface area contributed by atoms with Crippen LogP contribution in [0.15, 0.2) is 18.3 Å². The van der Waals surface area contributed by atoms with Crippen LogP contribution in [-0.2, 0) is 0 Å². The molecule has 3 heteroatoms. The van der Waals surface area contributed by atoms with Crippen molar-refractivity contribution in [1.82, 2.24) is 10.3 Å². The van der Waals surface area contributed by atoms with Crippen molar-refractivity contribution in [3.8, 4) is 0 Å². The standard InChI is InChI=1S/C11H16N2.ClH/c1-9-2-3-11(13-8-9)10-4-6-12-7-5-10;/h2-3,8,10,12H,4-7H2,1H3;1H. The third-order valence-corrected chi connectivity index (χ3v) is 2.69. The zero-order chi connectivity index (χ0) is 9.10. The van der Waals surface area contributed by atoms with Gasteiger partial charge in [-0.1, -0.05) is 6.07 Å². The van der Waals surface area contributed by atoms with Crippen LogP contribution in [0, 0.1) is 6.92 Å². The molecule has 0 amide bonds. The second-order valence-corrected chi connectivity index (χ2v) is 3.78. The van der Waals surface area contributed by atoms with E-state index in [0.717, 1.165) is 13.1 Å². The molecule has 1 aromatic rings. The maximum Gasteiger partial charge on any atom is 0.0435 e. The Balaban J connectivity index is 0.000000980. The van der Waals surface area contributed by atoms with Crippen molar-refractivity contribution in [2.75, 3.05) is 13.1 Å². The van der Waals surface area contributed by atoms with Crippen molar-refractivity contribution in [2.24, 2.45) is 0 Å². The maximum atomic E-state index is 4.47. The summed E-state index contributed by atoms with van der Waals surface area (Å²) in [5.74, 6) is 0.682. The molecular formula is C11H17ClN2. The Bertz CT molecular complexity index is 265. The molecule has 1 aliphatic rings. The Kier molecular flexibility index (Phi) is 4.36. The van der Waals surface area contributed by atoms with Crippen molar-refractivity contribution in [1.29, 1.82) is 0 Å². The van der Waals surface area contributed by atoms with Crippen LogP contribution in [0.2, 0.25) is 0 Å². The zero-order valence-electron chi connectivity index (χ0n) is 8.49. The summed E-state index contributed by atoms with van der Waals surface area (Å²) in [6.07, 6.45) is 4.43. The van der Waals surface area contributed by atoms with Gasteiger partial charge in [0, 0.05) is 17.8 Å². The fraction of sp³-hybridized carbons (Fsp3) is 0.545. The number of hydrogen-bond donors (Lipinski definition) is 1. The summed E-state index contributed by atoms with van der Waals surface area (Å²) in [7, 11) is 0. The number of nitrogens with zero attached hydrogens (tertiary/aromatic N) is 1. The molecule has 0 bridgehead atoms. The van der Waals surface area contributed by atoms with E-state index in [1.165, 1.54) is 24.1 Å². The largest absolute Gasteiger partial charge is 0.317 e. The highest BCUT2D eigenvalue weighted by molar-refractivity contribution is 5.85. The Morgan fingerprint density at radius 3 is 2.57 bits per heavy atom. The average Bonchev–Trinajstić information content (AvgIpc) is 2.20. The van der Waals surface area contributed by atoms with Gasteiger partial charge in [0.05, 0.1) is 0 Å². The van der Waals surface area contributed by atoms with Crippen LogP contribution in [0.1, 0.15) is 30.0 Å². The van der Waals surface area contributed by atoms with Gasteiger partial charge in [0.15, 0.2) is 0 Å². The van der Waals surface area contributed by atoms with E-state index in [9.17, 15) is 0 Å². The first-order valence-electron chi connectivity index (χ1n) is 4.99. The summed E-state index contributed by atoms with van der Waals surface area (Å²) in [6.45, 7) is 4.36. The van der Waals surface area contributed by atoms with Gasteiger partial charge in [-0.15, -0.1) is 12.4 Å². The number of pyridine rings is 1. The fourth-order valence-electron chi connectivity index (χ4n) is 1.84. The first kappa shape index (κ1) is 11.5. The van der Waals surface area contributed by atoms with Gasteiger partial charge >= 0.3 is 0 Å². The third kappa shape index (κ3) is 2.69. The predicted molar refractivity (Wildman–Crippen MR) is 61.1 cm³/mol. The molecular weight excluding hydrogens is 196 g/mol. The van der Waals surface area contributed by atoms with E-state index in [2.05, 4.69) is 29.4 Å². The number of rotatable bonds is 1. The highest BCUT2D eigenvalue weighted by atomic mass is 35.5. The topological polar surface area (TPSA) is 24.9 Å². The van der Waals surface area contributed by atoms with Crippen molar-refractivity contribution in [2.45, 2.75) is 25.7 Å². The minimum atomic E-state index is 0. The van der Waals surface area contributed by atoms with Gasteiger partial charge in [0.1, 0.15) is 0 Å². The summed E-state index contributed by atoms with van der Waals surface area (Å²) in [5, 5.41) is 3.37. The monoisotopic (exact) mass is 212 g/mol. The van der Waals surface area contributed by atoms with E-state index in [1.807, 2.05) is 6.20 Å². The van der Waals surface area contributed by atoms with Crippen LogP contribution in [0.25, 0.3) is 0 Å². The van der Waals surface area contributed by atoms with Gasteiger partial charge in [-0.25, -0.2) is 0 Å². The summed E-state index contributed by atoms with van der Waals surface area (Å²) in [4.78, 5) is 4.47. The van der Waals surface area contributed by atoms with Crippen molar-refractivity contribution >= 4 is 12.4 Å². The molecule has 2 rings (SSSR count). The smallest absolute Gasteiger partial charge is 0.0435 e. The van der Waals surface area contributed by atoms with Crippen LogP contribution in [0.5, 0.6) is 0 Å². The van der Waals surface area contributed by atoms with E-state index in [-0.39, 0.29) is 12.4 Å². The predicted octanol–water partition coefficient (Wildman–Crippen LogP) is 2.28. The molecule has 1 fully saturated rings. The van der Waals surface area contributed by atoms with Gasteiger partial charge in [0.25, 0.3) is 0 Å². The van der Waals surface area contributed by atoms with E-state index in [0.29, 0.717) is 5.92 Å². The molecule has 0 spiro atoms. The highest BCUT2D eigenvalue weighted by Gasteiger charge is 2.15. The summed E-state index contributed by atoms with van der Waals surface area (Å²) in [5.41, 5.74) is 2.52. The molecule has 1 saturated heterocycles. The van der Waals surface area contributed by atoms with E-state index in [4.69, 9.17) is 0 Å². The van der Waals surface area contributed by atoms with Gasteiger partial charge in [-0.05, 0) is 44.5 Å². The Labute approximate surface area is 91.5 Å². The van der Waals surface area contributed by atoms with E-state index in [1.54, 1.807) is 0 Å². The first-order chi connectivity index (χ1) is 6.36. The molecule has 2 heterocycles. The molecule has 2 nitrogen and oxygen atoms in total. The lowest BCUT2D eigenvalue weighted by atomic mass is 9.94. The molecule has 0 aromatic carbocycles. The first-order valence-corrected chi connectivity index (χ1v) is 4.99. The molecule has 1 aromatic heterocycles. The number of aromatic nitrogens is 1. The third-order valence-electron chi connectivity index (χ3n) is 2.69. The quantitative estimate of drug-likeness (QED) is 0.773. The molecule has 78 valence electrons. The van der Waals surface area contributed by atoms with Crippen molar-refractivity contribution < 1.29 is 0 Å². The summed E-state index contributed by atoms with van der Waals surface area (Å²) in [6, 6.07) is 4.33. The summed E-state index contributed by atoms with van der Waals surface area (Å²) < 4.78 is 0. The average molecular weight is 213 g/mol. The normalized spacial score (nSPS) is 17.5. The number of hydrogen-bond acceptors (Lipinski definition) is 2. The van der Waals surface area contributed by atoms with Gasteiger partial charge in [-0.3, -0.25) is 4.98 Å². The molecule has 0 radical (unpaired) electrons. The molecule has 0 saturated carbocycles. The number of halogens is 1. The maximum absolute atomic E-state index is 4.47. The van der Waals surface area contributed by atoms with Crippen molar-refractivity contribution in [3.63, 3.8) is 0 Å². The molecule has 0 aliphatic carbocycles. The molecule has 14 heavy (non-hydrogen) atoms. The number of aryl methyl sites for hydroxylation is 1. The second kappa shape index (κ2) is 5.32. The minimum absolute atomic E-state index is 0. The zero-order valence-corrected chi connectivity index (χ0v) is 9.31. The fourth-order valence-corrected chi connectivity index (χ4v) is 1.84. The second-order valence-electron chi connectivity index (χ2n) is 3.78. The van der Waals surface area contributed by atoms with Crippen LogP contribution >= 0.6 is 12.4 Å². The number of nitrogens with one attached hydrogen (secondary N) is 1. The van der Waals surface area contributed by atoms with Crippen LogP contribution < -0.4 is 5.32 Å². The van der Waals surface area contributed by atoms with E-state index >= 15 is 0 Å². The summed E-state index contributed by atoms with van der Waals surface area (Å²) >= 11 is 0. The lowest BCUT2D eigenvalue weighted by molar-refractivity contribution is 0.453. The van der Waals surface area contributed by atoms with E-state index < -0.39 is 0 Å². The van der Waals surface area contributed by atoms with Gasteiger partial charge in [0.2, 0.25) is 0 Å². The van der Waals surface area contributed by atoms with Crippen LogP contribution in [0.4, 0.5) is 0 Å². The van der Waals surface area contributed by atoms with Gasteiger partial charge in [-0.2, -0.15) is 0 Å². The van der Waals surface area contributed by atoms with Gasteiger partial charge < -0.3 is 5.32 Å².